The molecule has 3 heterocycles. The van der Waals surface area contributed by atoms with Gasteiger partial charge in [-0.2, -0.15) is 0 Å². The van der Waals surface area contributed by atoms with Gasteiger partial charge in [0, 0.05) is 11.9 Å². The number of rotatable bonds is 2. The quantitative estimate of drug-likeness (QED) is 0.716. The maximum atomic E-state index is 4.71. The summed E-state index contributed by atoms with van der Waals surface area (Å²) in [5.74, 6) is 1.69. The smallest absolute Gasteiger partial charge is 0.173 e. The van der Waals surface area contributed by atoms with E-state index in [4.69, 9.17) is 4.98 Å². The summed E-state index contributed by atoms with van der Waals surface area (Å²) < 4.78 is 1.09. The molecule has 0 bridgehead atoms. The first-order valence-corrected chi connectivity index (χ1v) is 8.24. The lowest BCUT2D eigenvalue weighted by atomic mass is 10.2. The van der Waals surface area contributed by atoms with Crippen molar-refractivity contribution in [3.05, 3.63) is 26.4 Å². The van der Waals surface area contributed by atoms with Crippen LogP contribution in [0.3, 0.4) is 0 Å². The molecular formula is C13H12BrN3S2. The Bertz CT molecular complexity index is 761. The van der Waals surface area contributed by atoms with E-state index < -0.39 is 0 Å². The molecule has 0 aromatic carbocycles. The highest BCUT2D eigenvalue weighted by atomic mass is 79.9. The number of nitrogens with one attached hydrogen (secondary N) is 1. The van der Waals surface area contributed by atoms with E-state index in [9.17, 15) is 0 Å². The van der Waals surface area contributed by atoms with Gasteiger partial charge in [0.05, 0.1) is 14.0 Å². The first-order valence-electron chi connectivity index (χ1n) is 5.81. The normalized spacial score (nSPS) is 11.2. The third-order valence-electron chi connectivity index (χ3n) is 3.06. The Morgan fingerprint density at radius 1 is 1.16 bits per heavy atom. The Kier molecular flexibility index (Phi) is 3.32. The van der Waals surface area contributed by atoms with Gasteiger partial charge in [0.25, 0.3) is 0 Å². The molecule has 0 aliphatic rings. The van der Waals surface area contributed by atoms with Gasteiger partial charge >= 0.3 is 0 Å². The second kappa shape index (κ2) is 4.85. The van der Waals surface area contributed by atoms with Gasteiger partial charge in [-0.1, -0.05) is 0 Å². The zero-order valence-electron chi connectivity index (χ0n) is 10.7. The molecular weight excluding hydrogens is 342 g/mol. The van der Waals surface area contributed by atoms with E-state index in [1.165, 1.54) is 10.4 Å². The number of aryl methyl sites for hydroxylation is 2. The zero-order chi connectivity index (χ0) is 13.6. The third kappa shape index (κ3) is 2.17. The second-order valence-corrected chi connectivity index (χ2v) is 7.88. The summed E-state index contributed by atoms with van der Waals surface area (Å²) in [6.45, 7) is 4.25. The van der Waals surface area contributed by atoms with Crippen LogP contribution >= 0.6 is 38.6 Å². The summed E-state index contributed by atoms with van der Waals surface area (Å²) in [6, 6.07) is 4.07. The number of hydrogen-bond acceptors (Lipinski definition) is 5. The van der Waals surface area contributed by atoms with Gasteiger partial charge in [0.15, 0.2) is 5.82 Å². The molecule has 6 heteroatoms. The van der Waals surface area contributed by atoms with E-state index in [1.807, 2.05) is 19.2 Å². The summed E-state index contributed by atoms with van der Waals surface area (Å²) in [4.78, 5) is 12.8. The average Bonchev–Trinajstić information content (AvgIpc) is 2.94. The fourth-order valence-corrected chi connectivity index (χ4v) is 4.32. The number of halogens is 1. The SMILES string of the molecule is CNc1nc(-c2ccc(Br)s2)nc2sc(C)c(C)c12. The maximum absolute atomic E-state index is 4.71. The van der Waals surface area contributed by atoms with E-state index in [1.54, 1.807) is 22.7 Å². The van der Waals surface area contributed by atoms with Crippen LogP contribution in [0, 0.1) is 13.8 Å². The molecule has 0 unspecified atom stereocenters. The Balaban J connectivity index is 2.28. The van der Waals surface area contributed by atoms with Crippen LogP contribution in [0.15, 0.2) is 15.9 Å². The van der Waals surface area contributed by atoms with Crippen molar-refractivity contribution in [2.75, 3.05) is 12.4 Å². The maximum Gasteiger partial charge on any atom is 0.173 e. The van der Waals surface area contributed by atoms with Crippen LogP contribution in [-0.2, 0) is 0 Å². The molecule has 0 spiro atoms. The van der Waals surface area contributed by atoms with Crippen LogP contribution in [0.4, 0.5) is 5.82 Å². The monoisotopic (exact) mass is 353 g/mol. The lowest BCUT2D eigenvalue weighted by Crippen LogP contribution is -1.97. The molecule has 3 rings (SSSR count). The predicted molar refractivity (Wildman–Crippen MR) is 87.4 cm³/mol. The van der Waals surface area contributed by atoms with Crippen LogP contribution < -0.4 is 5.32 Å². The number of fused-ring (bicyclic) bond motifs is 1. The fourth-order valence-electron chi connectivity index (χ4n) is 1.98. The molecule has 0 atom stereocenters. The van der Waals surface area contributed by atoms with Crippen LogP contribution in [0.5, 0.6) is 0 Å². The third-order valence-corrected chi connectivity index (χ3v) is 5.78. The average molecular weight is 354 g/mol. The summed E-state index contributed by atoms with van der Waals surface area (Å²) in [6.07, 6.45) is 0. The van der Waals surface area contributed by atoms with E-state index in [0.29, 0.717) is 0 Å². The van der Waals surface area contributed by atoms with Gasteiger partial charge in [0.1, 0.15) is 10.6 Å². The van der Waals surface area contributed by atoms with Crippen molar-refractivity contribution in [3.63, 3.8) is 0 Å². The molecule has 1 N–H and O–H groups in total. The highest BCUT2D eigenvalue weighted by Gasteiger charge is 2.15. The van der Waals surface area contributed by atoms with E-state index in [0.717, 1.165) is 30.5 Å². The highest BCUT2D eigenvalue weighted by Crippen LogP contribution is 2.36. The second-order valence-electron chi connectivity index (χ2n) is 4.21. The van der Waals surface area contributed by atoms with Gasteiger partial charge in [-0.15, -0.1) is 22.7 Å². The van der Waals surface area contributed by atoms with Gasteiger partial charge in [-0.25, -0.2) is 9.97 Å². The van der Waals surface area contributed by atoms with E-state index in [-0.39, 0.29) is 0 Å². The fraction of sp³-hybridized carbons (Fsp3) is 0.231. The summed E-state index contributed by atoms with van der Waals surface area (Å²) in [7, 11) is 1.91. The van der Waals surface area contributed by atoms with Crippen molar-refractivity contribution >= 4 is 54.6 Å². The molecule has 3 nitrogen and oxygen atoms in total. The molecule has 3 aromatic heterocycles. The number of nitrogens with zero attached hydrogens (tertiary/aromatic N) is 2. The summed E-state index contributed by atoms with van der Waals surface area (Å²) >= 11 is 6.85. The van der Waals surface area contributed by atoms with Crippen molar-refractivity contribution in [1.29, 1.82) is 0 Å². The van der Waals surface area contributed by atoms with Gasteiger partial charge < -0.3 is 5.32 Å². The Morgan fingerprint density at radius 3 is 2.58 bits per heavy atom. The molecule has 0 saturated heterocycles. The molecule has 0 aliphatic heterocycles. The molecule has 3 aromatic rings. The van der Waals surface area contributed by atoms with Crippen molar-refractivity contribution in [2.45, 2.75) is 13.8 Å². The van der Waals surface area contributed by atoms with E-state index >= 15 is 0 Å². The van der Waals surface area contributed by atoms with Gasteiger partial charge in [-0.05, 0) is 47.5 Å². The number of aromatic nitrogens is 2. The van der Waals surface area contributed by atoms with Crippen molar-refractivity contribution < 1.29 is 0 Å². The van der Waals surface area contributed by atoms with Crippen molar-refractivity contribution in [2.24, 2.45) is 0 Å². The topological polar surface area (TPSA) is 37.8 Å². The van der Waals surface area contributed by atoms with Crippen LogP contribution in [-0.4, -0.2) is 17.0 Å². The minimum atomic E-state index is 0.786. The molecule has 0 amide bonds. The summed E-state index contributed by atoms with van der Waals surface area (Å²) in [5, 5.41) is 4.33. The number of thiophene rings is 2. The molecule has 0 saturated carbocycles. The summed E-state index contributed by atoms with van der Waals surface area (Å²) in [5.41, 5.74) is 1.27. The largest absolute Gasteiger partial charge is 0.372 e. The Morgan fingerprint density at radius 2 is 1.95 bits per heavy atom. The van der Waals surface area contributed by atoms with E-state index in [2.05, 4.69) is 40.1 Å². The first-order chi connectivity index (χ1) is 9.10. The van der Waals surface area contributed by atoms with Crippen LogP contribution in [0.25, 0.3) is 20.9 Å². The predicted octanol–water partition coefficient (Wildman–Crippen LogP) is 4.84. The van der Waals surface area contributed by atoms with Crippen molar-refractivity contribution in [1.82, 2.24) is 9.97 Å². The first kappa shape index (κ1) is 13.0. The molecule has 0 aliphatic carbocycles. The lowest BCUT2D eigenvalue weighted by molar-refractivity contribution is 1.23. The van der Waals surface area contributed by atoms with Crippen molar-refractivity contribution in [3.8, 4) is 10.7 Å². The Hall–Kier alpha value is -0.980. The van der Waals surface area contributed by atoms with Crippen LogP contribution in [0.2, 0.25) is 0 Å². The minimum absolute atomic E-state index is 0.786. The standard InChI is InChI=1S/C13H12BrN3S2/c1-6-7(2)18-13-10(6)12(15-3)16-11(17-13)8-4-5-9(14)19-8/h4-5H,1-3H3,(H,15,16,17). The lowest BCUT2D eigenvalue weighted by Gasteiger charge is -2.05. The highest BCUT2D eigenvalue weighted by molar-refractivity contribution is 9.11. The molecule has 19 heavy (non-hydrogen) atoms. The molecule has 98 valence electrons. The minimum Gasteiger partial charge on any atom is -0.372 e. The molecule has 0 radical (unpaired) electrons. The number of anilines is 1. The van der Waals surface area contributed by atoms with Gasteiger partial charge in [-0.3, -0.25) is 0 Å². The molecule has 0 fully saturated rings. The Labute approximate surface area is 127 Å². The van der Waals surface area contributed by atoms with Crippen LogP contribution in [0.1, 0.15) is 10.4 Å². The van der Waals surface area contributed by atoms with Gasteiger partial charge in [0.2, 0.25) is 0 Å². The number of hydrogen-bond donors (Lipinski definition) is 1. The zero-order valence-corrected chi connectivity index (χ0v) is 14.0.